The molecule has 0 radical (unpaired) electrons. The highest BCUT2D eigenvalue weighted by Gasteiger charge is 2.17. The van der Waals surface area contributed by atoms with Gasteiger partial charge in [0.25, 0.3) is 0 Å². The van der Waals surface area contributed by atoms with Crippen molar-refractivity contribution in [1.29, 1.82) is 0 Å². The Morgan fingerprint density at radius 1 is 0.903 bits per heavy atom. The number of thioether (sulfide) groups is 1. The smallest absolute Gasteiger partial charge is 0.210 e. The summed E-state index contributed by atoms with van der Waals surface area (Å²) in [5.41, 5.74) is 3.33. The van der Waals surface area contributed by atoms with Crippen molar-refractivity contribution in [2.45, 2.75) is 5.16 Å². The van der Waals surface area contributed by atoms with Crippen molar-refractivity contribution in [3.8, 4) is 28.3 Å². The quantitative estimate of drug-likeness (QED) is 0.291. The number of halogens is 1. The van der Waals surface area contributed by atoms with E-state index in [1.54, 1.807) is 0 Å². The Labute approximate surface area is 183 Å². The molecule has 0 saturated carbocycles. The van der Waals surface area contributed by atoms with E-state index in [2.05, 4.69) is 15.2 Å². The van der Waals surface area contributed by atoms with Crippen LogP contribution in [-0.4, -0.2) is 33.8 Å². The SMILES string of the molecule is COc1ccc(F)cc1C(=O)CSc1nnc(-c2ccccc2)c(-c2ccccc2)n1. The highest BCUT2D eigenvalue weighted by Crippen LogP contribution is 2.30. The van der Waals surface area contributed by atoms with Crippen LogP contribution in [0.3, 0.4) is 0 Å². The summed E-state index contributed by atoms with van der Waals surface area (Å²) in [5.74, 6) is -0.417. The van der Waals surface area contributed by atoms with Gasteiger partial charge in [-0.25, -0.2) is 9.37 Å². The molecule has 5 nitrogen and oxygen atoms in total. The molecule has 0 unspecified atom stereocenters. The van der Waals surface area contributed by atoms with E-state index >= 15 is 0 Å². The summed E-state index contributed by atoms with van der Waals surface area (Å²) in [6, 6.07) is 23.3. The molecule has 0 aliphatic rings. The number of rotatable bonds is 7. The number of aromatic nitrogens is 3. The molecule has 3 aromatic carbocycles. The third kappa shape index (κ3) is 4.78. The summed E-state index contributed by atoms with van der Waals surface area (Å²) in [6.07, 6.45) is 0. The number of carbonyl (C=O) groups is 1. The Hall–Kier alpha value is -3.58. The average molecular weight is 431 g/mol. The number of benzene rings is 3. The Bertz CT molecular complexity index is 1200. The van der Waals surface area contributed by atoms with Gasteiger partial charge in [-0.05, 0) is 18.2 Å². The Morgan fingerprint density at radius 2 is 1.55 bits per heavy atom. The molecule has 1 aromatic heterocycles. The maximum atomic E-state index is 13.6. The molecule has 0 amide bonds. The number of hydrogen-bond donors (Lipinski definition) is 0. The molecule has 0 N–H and O–H groups in total. The minimum absolute atomic E-state index is 0.0282. The van der Waals surface area contributed by atoms with Crippen LogP contribution in [0.1, 0.15) is 10.4 Å². The summed E-state index contributed by atoms with van der Waals surface area (Å²) < 4.78 is 18.8. The summed E-state index contributed by atoms with van der Waals surface area (Å²) in [7, 11) is 1.44. The summed E-state index contributed by atoms with van der Waals surface area (Å²) in [6.45, 7) is 0. The fraction of sp³-hybridized carbons (Fsp3) is 0.0833. The van der Waals surface area contributed by atoms with Crippen LogP contribution in [0.15, 0.2) is 84.0 Å². The average Bonchev–Trinajstić information content (AvgIpc) is 2.83. The van der Waals surface area contributed by atoms with E-state index in [9.17, 15) is 9.18 Å². The fourth-order valence-electron chi connectivity index (χ4n) is 3.07. The van der Waals surface area contributed by atoms with Crippen LogP contribution in [0.5, 0.6) is 5.75 Å². The number of methoxy groups -OCH3 is 1. The highest BCUT2D eigenvalue weighted by molar-refractivity contribution is 7.99. The largest absolute Gasteiger partial charge is 0.496 e. The predicted molar refractivity (Wildman–Crippen MR) is 119 cm³/mol. The summed E-state index contributed by atoms with van der Waals surface area (Å²) in [5, 5.41) is 8.97. The van der Waals surface area contributed by atoms with Crippen molar-refractivity contribution >= 4 is 17.5 Å². The number of ether oxygens (including phenoxy) is 1. The summed E-state index contributed by atoms with van der Waals surface area (Å²) >= 11 is 1.15. The molecule has 4 aromatic rings. The minimum atomic E-state index is -0.495. The molecule has 7 heteroatoms. The lowest BCUT2D eigenvalue weighted by Gasteiger charge is -2.10. The van der Waals surface area contributed by atoms with Crippen molar-refractivity contribution < 1.29 is 13.9 Å². The molecule has 1 heterocycles. The van der Waals surface area contributed by atoms with Crippen molar-refractivity contribution in [2.75, 3.05) is 12.9 Å². The number of ketones is 1. The first-order valence-corrected chi connectivity index (χ1v) is 10.5. The fourth-order valence-corrected chi connectivity index (χ4v) is 3.74. The zero-order chi connectivity index (χ0) is 21.6. The first kappa shape index (κ1) is 20.7. The highest BCUT2D eigenvalue weighted by atomic mass is 32.2. The van der Waals surface area contributed by atoms with Crippen molar-refractivity contribution in [3.05, 3.63) is 90.2 Å². The third-order valence-corrected chi connectivity index (χ3v) is 5.39. The molecule has 0 bridgehead atoms. The van der Waals surface area contributed by atoms with Crippen molar-refractivity contribution in [1.82, 2.24) is 15.2 Å². The molecule has 154 valence electrons. The van der Waals surface area contributed by atoms with Crippen LogP contribution in [0.4, 0.5) is 4.39 Å². The van der Waals surface area contributed by atoms with Crippen LogP contribution in [-0.2, 0) is 0 Å². The predicted octanol–water partition coefficient (Wildman–Crippen LogP) is 5.33. The Morgan fingerprint density at radius 3 is 2.19 bits per heavy atom. The standard InChI is InChI=1S/C24H18FN3O2S/c1-30-21-13-12-18(25)14-19(21)20(29)15-31-24-26-22(16-8-4-2-5-9-16)23(27-28-24)17-10-6-3-7-11-17/h2-14H,15H2,1H3. The van der Waals surface area contributed by atoms with Crippen LogP contribution >= 0.6 is 11.8 Å². The van der Waals surface area contributed by atoms with Gasteiger partial charge in [-0.3, -0.25) is 4.79 Å². The van der Waals surface area contributed by atoms with Gasteiger partial charge in [0.15, 0.2) is 5.78 Å². The van der Waals surface area contributed by atoms with E-state index in [1.807, 2.05) is 60.7 Å². The van der Waals surface area contributed by atoms with Crippen LogP contribution in [0.2, 0.25) is 0 Å². The lowest BCUT2D eigenvalue weighted by atomic mass is 10.0. The van der Waals surface area contributed by atoms with Gasteiger partial charge in [0.1, 0.15) is 23.0 Å². The van der Waals surface area contributed by atoms with Gasteiger partial charge in [0.2, 0.25) is 5.16 Å². The van der Waals surface area contributed by atoms with E-state index in [0.717, 1.165) is 22.9 Å². The third-order valence-electron chi connectivity index (χ3n) is 4.56. The van der Waals surface area contributed by atoms with E-state index in [4.69, 9.17) is 4.74 Å². The van der Waals surface area contributed by atoms with Crippen molar-refractivity contribution in [2.24, 2.45) is 0 Å². The zero-order valence-corrected chi connectivity index (χ0v) is 17.5. The second-order valence-corrected chi connectivity index (χ2v) is 7.52. The van der Waals surface area contributed by atoms with Crippen LogP contribution < -0.4 is 4.74 Å². The van der Waals surface area contributed by atoms with Crippen LogP contribution in [0.25, 0.3) is 22.5 Å². The molecule has 0 atom stereocenters. The monoisotopic (exact) mass is 431 g/mol. The maximum absolute atomic E-state index is 13.6. The van der Waals surface area contributed by atoms with Gasteiger partial charge in [-0.2, -0.15) is 0 Å². The maximum Gasteiger partial charge on any atom is 0.210 e. The first-order valence-electron chi connectivity index (χ1n) is 9.51. The van der Waals surface area contributed by atoms with Gasteiger partial charge in [0, 0.05) is 11.1 Å². The molecular weight excluding hydrogens is 413 g/mol. The van der Waals surface area contributed by atoms with Crippen LogP contribution in [0, 0.1) is 5.82 Å². The van der Waals surface area contributed by atoms with Gasteiger partial charge in [0.05, 0.1) is 18.4 Å². The van der Waals surface area contributed by atoms with E-state index in [-0.39, 0.29) is 17.1 Å². The molecule has 0 fully saturated rings. The molecular formula is C24H18FN3O2S. The lowest BCUT2D eigenvalue weighted by Crippen LogP contribution is -2.07. The Balaban J connectivity index is 1.63. The lowest BCUT2D eigenvalue weighted by molar-refractivity contribution is 0.101. The van der Waals surface area contributed by atoms with E-state index in [1.165, 1.54) is 25.3 Å². The number of carbonyl (C=O) groups excluding carboxylic acids is 1. The number of hydrogen-bond acceptors (Lipinski definition) is 6. The summed E-state index contributed by atoms with van der Waals surface area (Å²) in [4.78, 5) is 17.3. The zero-order valence-electron chi connectivity index (χ0n) is 16.7. The number of Topliss-reactive ketones (excluding diaryl/α,β-unsaturated/α-hetero) is 1. The normalized spacial score (nSPS) is 10.6. The van der Waals surface area contributed by atoms with Gasteiger partial charge in [-0.1, -0.05) is 72.4 Å². The van der Waals surface area contributed by atoms with Gasteiger partial charge < -0.3 is 4.74 Å². The molecule has 4 rings (SSSR count). The molecule has 31 heavy (non-hydrogen) atoms. The molecule has 0 spiro atoms. The van der Waals surface area contributed by atoms with Gasteiger partial charge >= 0.3 is 0 Å². The minimum Gasteiger partial charge on any atom is -0.496 e. The molecule has 0 aliphatic heterocycles. The van der Waals surface area contributed by atoms with Gasteiger partial charge in [-0.15, -0.1) is 10.2 Å². The Kier molecular flexibility index (Phi) is 6.33. The second kappa shape index (κ2) is 9.49. The van der Waals surface area contributed by atoms with Crippen molar-refractivity contribution in [3.63, 3.8) is 0 Å². The topological polar surface area (TPSA) is 65.0 Å². The second-order valence-electron chi connectivity index (χ2n) is 6.58. The first-order chi connectivity index (χ1) is 15.2. The molecule has 0 saturated heterocycles. The number of nitrogens with zero attached hydrogens (tertiary/aromatic N) is 3. The van der Waals surface area contributed by atoms with E-state index < -0.39 is 5.82 Å². The van der Waals surface area contributed by atoms with E-state index in [0.29, 0.717) is 22.3 Å². The molecule has 0 aliphatic carbocycles.